The second-order valence-electron chi connectivity index (χ2n) is 7.93. The maximum absolute atomic E-state index is 15.6. The van der Waals surface area contributed by atoms with E-state index in [1.807, 2.05) is 31.2 Å². The number of hydrogen-bond acceptors (Lipinski definition) is 5. The smallest absolute Gasteiger partial charge is 0.407 e. The number of hydrogen-bond donors (Lipinski definition) is 2. The van der Waals surface area contributed by atoms with Crippen LogP contribution < -0.4 is 5.32 Å². The number of fused-ring (bicyclic) bond motifs is 1. The standard InChI is InChI=1S/C21H24F2N6O2/c1-2-15-5-3-4-6-16(15)11-20(7-9-28(19(30)31)13-21(20,22)23)12-25-17-18-27-26-14-29(18)10-8-24-17/h3-6,8,10,14H,2,7,9,11-13H2,1H3,(H,24,25)(H,30,31). The zero-order chi connectivity index (χ0) is 22.1. The highest BCUT2D eigenvalue weighted by molar-refractivity contribution is 5.65. The second kappa shape index (κ2) is 8.09. The number of nitrogens with one attached hydrogen (secondary N) is 1. The number of nitrogens with zero attached hydrogens (tertiary/aromatic N) is 5. The van der Waals surface area contributed by atoms with Crippen molar-refractivity contribution in [3.63, 3.8) is 0 Å². The number of amides is 1. The lowest BCUT2D eigenvalue weighted by Gasteiger charge is -2.47. The summed E-state index contributed by atoms with van der Waals surface area (Å²) >= 11 is 0. The van der Waals surface area contributed by atoms with Gasteiger partial charge in [-0.3, -0.25) is 4.40 Å². The molecule has 1 unspecified atom stereocenters. The van der Waals surface area contributed by atoms with Crippen LogP contribution in [0.3, 0.4) is 0 Å². The fraction of sp³-hybridized carbons (Fsp3) is 0.429. The second-order valence-corrected chi connectivity index (χ2v) is 7.93. The fourth-order valence-corrected chi connectivity index (χ4v) is 4.26. The van der Waals surface area contributed by atoms with Crippen LogP contribution in [0.1, 0.15) is 24.5 Å². The Balaban J connectivity index is 1.69. The molecule has 4 rings (SSSR count). The Morgan fingerprint density at radius 2 is 2.06 bits per heavy atom. The Labute approximate surface area is 177 Å². The molecule has 3 heterocycles. The van der Waals surface area contributed by atoms with Crippen molar-refractivity contribution in [1.82, 2.24) is 24.5 Å². The average molecular weight is 430 g/mol. The van der Waals surface area contributed by atoms with Crippen LogP contribution in [0.5, 0.6) is 0 Å². The molecule has 164 valence electrons. The summed E-state index contributed by atoms with van der Waals surface area (Å²) in [4.78, 5) is 16.4. The Morgan fingerprint density at radius 1 is 1.29 bits per heavy atom. The van der Waals surface area contributed by atoms with Crippen molar-refractivity contribution in [3.05, 3.63) is 54.1 Å². The molecular formula is C21H24F2N6O2. The van der Waals surface area contributed by atoms with E-state index in [4.69, 9.17) is 0 Å². The number of aromatic nitrogens is 4. The first-order valence-corrected chi connectivity index (χ1v) is 10.2. The molecule has 31 heavy (non-hydrogen) atoms. The van der Waals surface area contributed by atoms with E-state index in [0.717, 1.165) is 22.4 Å². The van der Waals surface area contributed by atoms with Gasteiger partial charge in [0.2, 0.25) is 5.65 Å². The average Bonchev–Trinajstić information content (AvgIpc) is 3.23. The van der Waals surface area contributed by atoms with Crippen molar-refractivity contribution in [2.24, 2.45) is 5.41 Å². The Morgan fingerprint density at radius 3 is 2.77 bits per heavy atom. The summed E-state index contributed by atoms with van der Waals surface area (Å²) in [5, 5.41) is 20.2. The van der Waals surface area contributed by atoms with Gasteiger partial charge in [-0.2, -0.15) is 0 Å². The number of anilines is 1. The lowest BCUT2D eigenvalue weighted by molar-refractivity contribution is -0.157. The Kier molecular flexibility index (Phi) is 5.47. The van der Waals surface area contributed by atoms with Gasteiger partial charge in [0, 0.05) is 25.5 Å². The van der Waals surface area contributed by atoms with Gasteiger partial charge in [0.15, 0.2) is 5.82 Å². The molecule has 1 aliphatic rings. The summed E-state index contributed by atoms with van der Waals surface area (Å²) < 4.78 is 32.9. The Bertz CT molecular complexity index is 1090. The normalized spacial score (nSPS) is 20.7. The lowest BCUT2D eigenvalue weighted by atomic mass is 9.70. The van der Waals surface area contributed by atoms with E-state index in [9.17, 15) is 9.90 Å². The largest absolute Gasteiger partial charge is 0.465 e. The molecule has 0 radical (unpaired) electrons. The molecule has 0 aliphatic carbocycles. The summed E-state index contributed by atoms with van der Waals surface area (Å²) in [6.07, 6.45) is 4.28. The lowest BCUT2D eigenvalue weighted by Crippen LogP contribution is -2.60. The maximum atomic E-state index is 15.6. The number of carbonyl (C=O) groups is 1. The van der Waals surface area contributed by atoms with E-state index >= 15 is 8.78 Å². The number of benzene rings is 1. The molecule has 0 spiro atoms. The van der Waals surface area contributed by atoms with Crippen molar-refractivity contribution < 1.29 is 18.7 Å². The molecular weight excluding hydrogens is 406 g/mol. The highest BCUT2D eigenvalue weighted by Gasteiger charge is 2.57. The Hall–Kier alpha value is -3.30. The molecule has 1 aliphatic heterocycles. The summed E-state index contributed by atoms with van der Waals surface area (Å²) in [6, 6.07) is 7.56. The van der Waals surface area contributed by atoms with Gasteiger partial charge in [-0.25, -0.2) is 18.6 Å². The van der Waals surface area contributed by atoms with Gasteiger partial charge in [0.05, 0.1) is 12.0 Å². The first-order chi connectivity index (χ1) is 14.9. The molecule has 10 heteroatoms. The number of carboxylic acid groups (broad SMARTS) is 1. The summed E-state index contributed by atoms with van der Waals surface area (Å²) in [7, 11) is 0. The van der Waals surface area contributed by atoms with Crippen molar-refractivity contribution in [3.8, 4) is 0 Å². The van der Waals surface area contributed by atoms with E-state index < -0.39 is 24.0 Å². The first kappa shape index (κ1) is 21.0. The number of alkyl halides is 2. The number of aryl methyl sites for hydroxylation is 1. The molecule has 1 amide bonds. The number of halogens is 2. The highest BCUT2D eigenvalue weighted by Crippen LogP contribution is 2.47. The van der Waals surface area contributed by atoms with Gasteiger partial charge in [-0.1, -0.05) is 31.2 Å². The summed E-state index contributed by atoms with van der Waals surface area (Å²) in [6.45, 7) is 1.13. The zero-order valence-corrected chi connectivity index (χ0v) is 17.1. The molecule has 1 fully saturated rings. The van der Waals surface area contributed by atoms with Gasteiger partial charge in [0.1, 0.15) is 6.33 Å². The van der Waals surface area contributed by atoms with E-state index in [1.165, 1.54) is 6.33 Å². The minimum Gasteiger partial charge on any atom is -0.465 e. The third-order valence-corrected chi connectivity index (χ3v) is 6.13. The minimum atomic E-state index is -3.24. The predicted octanol–water partition coefficient (Wildman–Crippen LogP) is 3.35. The van der Waals surface area contributed by atoms with Gasteiger partial charge in [0.25, 0.3) is 5.92 Å². The quantitative estimate of drug-likeness (QED) is 0.623. The maximum Gasteiger partial charge on any atom is 0.407 e. The van der Waals surface area contributed by atoms with Crippen LogP contribution in [-0.4, -0.2) is 61.2 Å². The molecule has 2 N–H and O–H groups in total. The van der Waals surface area contributed by atoms with Crippen molar-refractivity contribution >= 4 is 17.6 Å². The van der Waals surface area contributed by atoms with Crippen LogP contribution in [0.4, 0.5) is 19.4 Å². The third-order valence-electron chi connectivity index (χ3n) is 6.13. The van der Waals surface area contributed by atoms with Crippen LogP contribution in [0.15, 0.2) is 43.0 Å². The van der Waals surface area contributed by atoms with Crippen molar-refractivity contribution in [1.29, 1.82) is 0 Å². The van der Waals surface area contributed by atoms with Crippen molar-refractivity contribution in [2.45, 2.75) is 32.1 Å². The van der Waals surface area contributed by atoms with Gasteiger partial charge < -0.3 is 15.3 Å². The molecule has 1 saturated heterocycles. The fourth-order valence-electron chi connectivity index (χ4n) is 4.26. The van der Waals surface area contributed by atoms with Crippen LogP contribution >= 0.6 is 0 Å². The molecule has 0 saturated carbocycles. The summed E-state index contributed by atoms with van der Waals surface area (Å²) in [5.41, 5.74) is 0.816. The van der Waals surface area contributed by atoms with Crippen LogP contribution in [0.25, 0.3) is 5.65 Å². The molecule has 3 aromatic rings. The highest BCUT2D eigenvalue weighted by atomic mass is 19.3. The molecule has 0 bridgehead atoms. The number of likely N-dealkylation sites (tertiary alicyclic amines) is 1. The first-order valence-electron chi connectivity index (χ1n) is 10.2. The molecule has 8 nitrogen and oxygen atoms in total. The van der Waals surface area contributed by atoms with E-state index in [0.29, 0.717) is 11.5 Å². The van der Waals surface area contributed by atoms with Crippen LogP contribution in [-0.2, 0) is 12.8 Å². The minimum absolute atomic E-state index is 0.0210. The van der Waals surface area contributed by atoms with Crippen LogP contribution in [0.2, 0.25) is 0 Å². The van der Waals surface area contributed by atoms with E-state index in [2.05, 4.69) is 20.5 Å². The number of rotatable bonds is 6. The zero-order valence-electron chi connectivity index (χ0n) is 17.1. The predicted molar refractivity (Wildman–Crippen MR) is 110 cm³/mol. The van der Waals surface area contributed by atoms with Gasteiger partial charge >= 0.3 is 6.09 Å². The third kappa shape index (κ3) is 3.89. The van der Waals surface area contributed by atoms with E-state index in [1.54, 1.807) is 16.8 Å². The molecule has 1 atom stereocenters. The van der Waals surface area contributed by atoms with Crippen molar-refractivity contribution in [2.75, 3.05) is 25.0 Å². The SMILES string of the molecule is CCc1ccccc1CC1(CNc2nccn3cnnc23)CCN(C(=O)O)CC1(F)F. The molecule has 2 aromatic heterocycles. The molecule has 1 aromatic carbocycles. The van der Waals surface area contributed by atoms with Crippen LogP contribution in [0, 0.1) is 5.41 Å². The summed E-state index contributed by atoms with van der Waals surface area (Å²) in [5.74, 6) is -2.88. The van der Waals surface area contributed by atoms with Gasteiger partial charge in [-0.15, -0.1) is 10.2 Å². The monoisotopic (exact) mass is 430 g/mol. The number of piperidine rings is 1. The topological polar surface area (TPSA) is 95.7 Å². The van der Waals surface area contributed by atoms with Gasteiger partial charge in [-0.05, 0) is 30.4 Å². The van der Waals surface area contributed by atoms with E-state index in [-0.39, 0.29) is 25.9 Å².